The fourth-order valence-electron chi connectivity index (χ4n) is 3.58. The lowest BCUT2D eigenvalue weighted by atomic mass is 10.1. The van der Waals surface area contributed by atoms with Crippen molar-refractivity contribution in [2.75, 3.05) is 26.6 Å². The molecule has 0 bridgehead atoms. The van der Waals surface area contributed by atoms with E-state index in [2.05, 4.69) is 5.32 Å². The first-order valence-electron chi connectivity index (χ1n) is 10.8. The minimum absolute atomic E-state index is 0.0830. The van der Waals surface area contributed by atoms with E-state index in [1.54, 1.807) is 7.05 Å². The largest absolute Gasteiger partial charge is 0.493 e. The number of carbonyl (C=O) groups is 3. The molecule has 0 aromatic heterocycles. The summed E-state index contributed by atoms with van der Waals surface area (Å²) in [6.07, 6.45) is -0.218. The second kappa shape index (κ2) is 10.4. The maximum Gasteiger partial charge on any atom is 0.341 e. The molecule has 2 amide bonds. The molecule has 3 atom stereocenters. The molecule has 3 rings (SSSR count). The molecular formula is C25H30N2O6. The van der Waals surface area contributed by atoms with Gasteiger partial charge < -0.3 is 24.4 Å². The number of nitrogens with zero attached hydrogens (tertiary/aromatic N) is 1. The first-order valence-corrected chi connectivity index (χ1v) is 10.8. The highest BCUT2D eigenvalue weighted by atomic mass is 16.5. The number of hydrogen-bond acceptors (Lipinski definition) is 6. The normalized spacial score (nSPS) is 17.5. The zero-order valence-corrected chi connectivity index (χ0v) is 19.6. The van der Waals surface area contributed by atoms with Crippen LogP contribution in [0.3, 0.4) is 0 Å². The lowest BCUT2D eigenvalue weighted by Gasteiger charge is -2.22. The summed E-state index contributed by atoms with van der Waals surface area (Å²) >= 11 is 0. The van der Waals surface area contributed by atoms with Gasteiger partial charge in [0, 0.05) is 31.6 Å². The molecule has 0 radical (unpaired) electrons. The number of benzene rings is 2. The Balaban J connectivity index is 1.76. The molecule has 176 valence electrons. The summed E-state index contributed by atoms with van der Waals surface area (Å²) < 4.78 is 16.1. The van der Waals surface area contributed by atoms with Gasteiger partial charge in [-0.05, 0) is 24.8 Å². The lowest BCUT2D eigenvalue weighted by Crippen LogP contribution is -2.37. The number of rotatable bonds is 9. The Kier molecular flexibility index (Phi) is 7.58. The molecular weight excluding hydrogens is 424 g/mol. The van der Waals surface area contributed by atoms with Gasteiger partial charge in [-0.15, -0.1) is 0 Å². The number of carbonyl (C=O) groups excluding carboxylic acids is 3. The van der Waals surface area contributed by atoms with Crippen molar-refractivity contribution < 1.29 is 28.6 Å². The molecule has 8 nitrogen and oxygen atoms in total. The van der Waals surface area contributed by atoms with Gasteiger partial charge in [-0.3, -0.25) is 9.59 Å². The highest BCUT2D eigenvalue weighted by Crippen LogP contribution is 2.40. The maximum absolute atomic E-state index is 13.0. The van der Waals surface area contributed by atoms with Crippen LogP contribution in [0.25, 0.3) is 0 Å². The Labute approximate surface area is 193 Å². The molecule has 1 aliphatic rings. The highest BCUT2D eigenvalue weighted by Gasteiger charge is 2.39. The first kappa shape index (κ1) is 24.1. The van der Waals surface area contributed by atoms with Crippen molar-refractivity contribution in [2.45, 2.75) is 32.9 Å². The van der Waals surface area contributed by atoms with Crippen LogP contribution >= 0.6 is 0 Å². The van der Waals surface area contributed by atoms with Gasteiger partial charge in [-0.1, -0.05) is 37.3 Å². The fraction of sp³-hybridized carbons (Fsp3) is 0.400. The molecule has 0 saturated heterocycles. The van der Waals surface area contributed by atoms with E-state index < -0.39 is 12.1 Å². The Bertz CT molecular complexity index is 1020. The quantitative estimate of drug-likeness (QED) is 0.583. The summed E-state index contributed by atoms with van der Waals surface area (Å²) in [5.74, 6) is -0.376. The molecule has 0 aliphatic heterocycles. The van der Waals surface area contributed by atoms with Gasteiger partial charge in [-0.25, -0.2) is 4.79 Å². The number of likely N-dealkylation sites (N-methyl/N-ethyl adjacent to an activating group) is 1. The van der Waals surface area contributed by atoms with Crippen molar-refractivity contribution in [1.29, 1.82) is 0 Å². The molecule has 1 aliphatic carbocycles. The van der Waals surface area contributed by atoms with Crippen molar-refractivity contribution >= 4 is 23.5 Å². The van der Waals surface area contributed by atoms with Crippen molar-refractivity contribution in [2.24, 2.45) is 11.8 Å². The predicted molar refractivity (Wildman–Crippen MR) is 123 cm³/mol. The Morgan fingerprint density at radius 2 is 1.70 bits per heavy atom. The summed E-state index contributed by atoms with van der Waals surface area (Å²) in [5, 5.41) is 2.80. The average Bonchev–Trinajstić information content (AvgIpc) is 3.55. The minimum atomic E-state index is -1.02. The van der Waals surface area contributed by atoms with Gasteiger partial charge >= 0.3 is 5.97 Å². The number of esters is 1. The van der Waals surface area contributed by atoms with E-state index >= 15 is 0 Å². The molecule has 1 N–H and O–H groups in total. The summed E-state index contributed by atoms with van der Waals surface area (Å²) in [7, 11) is 4.56. The minimum Gasteiger partial charge on any atom is -0.493 e. The van der Waals surface area contributed by atoms with Crippen LogP contribution in [-0.2, 0) is 20.9 Å². The van der Waals surface area contributed by atoms with Gasteiger partial charge in [0.1, 0.15) is 0 Å². The molecule has 0 heterocycles. The number of methoxy groups -OCH3 is 2. The van der Waals surface area contributed by atoms with Crippen LogP contribution in [0.2, 0.25) is 0 Å². The van der Waals surface area contributed by atoms with Crippen molar-refractivity contribution in [3.63, 3.8) is 0 Å². The van der Waals surface area contributed by atoms with Gasteiger partial charge in [0.05, 0.1) is 25.5 Å². The molecule has 33 heavy (non-hydrogen) atoms. The second-order valence-corrected chi connectivity index (χ2v) is 8.29. The molecule has 2 aromatic rings. The first-order chi connectivity index (χ1) is 15.7. The van der Waals surface area contributed by atoms with E-state index in [0.717, 1.165) is 12.0 Å². The van der Waals surface area contributed by atoms with E-state index in [0.29, 0.717) is 24.0 Å². The van der Waals surface area contributed by atoms with Crippen LogP contribution in [0.1, 0.15) is 36.2 Å². The molecule has 0 spiro atoms. The van der Waals surface area contributed by atoms with Crippen molar-refractivity contribution in [1.82, 2.24) is 4.90 Å². The van der Waals surface area contributed by atoms with Gasteiger partial charge in [0.2, 0.25) is 5.91 Å². The summed E-state index contributed by atoms with van der Waals surface area (Å²) in [6, 6.07) is 12.5. The SMILES string of the molecule is COc1cc(NC(=O)C2CC2C)c(C(=O)OC(C)C(=O)N(C)Cc2ccccc2)cc1OC. The fourth-order valence-corrected chi connectivity index (χ4v) is 3.58. The van der Waals surface area contributed by atoms with Crippen LogP contribution in [0.5, 0.6) is 11.5 Å². The van der Waals surface area contributed by atoms with Crippen LogP contribution < -0.4 is 14.8 Å². The Morgan fingerprint density at radius 1 is 1.09 bits per heavy atom. The predicted octanol–water partition coefficient (Wildman–Crippen LogP) is 3.50. The third-order valence-corrected chi connectivity index (χ3v) is 5.72. The second-order valence-electron chi connectivity index (χ2n) is 8.29. The monoisotopic (exact) mass is 454 g/mol. The third kappa shape index (κ3) is 5.83. The Morgan fingerprint density at radius 3 is 2.27 bits per heavy atom. The van der Waals surface area contributed by atoms with E-state index in [1.807, 2.05) is 37.3 Å². The van der Waals surface area contributed by atoms with E-state index in [9.17, 15) is 14.4 Å². The third-order valence-electron chi connectivity index (χ3n) is 5.72. The zero-order valence-electron chi connectivity index (χ0n) is 19.6. The number of amides is 2. The number of ether oxygens (including phenoxy) is 3. The van der Waals surface area contributed by atoms with Crippen LogP contribution in [0, 0.1) is 11.8 Å². The standard InChI is InChI=1S/C25H30N2O6/c1-15-11-18(15)23(28)26-20-13-22(32-5)21(31-4)12-19(20)25(30)33-16(2)24(29)27(3)14-17-9-7-6-8-10-17/h6-10,12-13,15-16,18H,11,14H2,1-5H3,(H,26,28). The van der Waals surface area contributed by atoms with Crippen LogP contribution in [0.15, 0.2) is 42.5 Å². The number of nitrogens with one attached hydrogen (secondary N) is 1. The average molecular weight is 455 g/mol. The molecule has 2 aromatic carbocycles. The topological polar surface area (TPSA) is 94.2 Å². The zero-order chi connectivity index (χ0) is 24.1. The van der Waals surface area contributed by atoms with Crippen LogP contribution in [0.4, 0.5) is 5.69 Å². The Hall–Kier alpha value is -3.55. The maximum atomic E-state index is 13.0. The number of anilines is 1. The molecule has 3 unspecified atom stereocenters. The van der Waals surface area contributed by atoms with Crippen LogP contribution in [-0.4, -0.2) is 50.1 Å². The molecule has 1 saturated carbocycles. The van der Waals surface area contributed by atoms with Gasteiger partial charge in [0.25, 0.3) is 5.91 Å². The summed E-state index contributed by atoms with van der Waals surface area (Å²) in [6.45, 7) is 3.90. The number of hydrogen-bond donors (Lipinski definition) is 1. The highest BCUT2D eigenvalue weighted by molar-refractivity contribution is 6.04. The van der Waals surface area contributed by atoms with E-state index in [-0.39, 0.29) is 29.0 Å². The van der Waals surface area contributed by atoms with Gasteiger partial charge in [0.15, 0.2) is 17.6 Å². The lowest BCUT2D eigenvalue weighted by molar-refractivity contribution is -0.139. The van der Waals surface area contributed by atoms with E-state index in [1.165, 1.54) is 38.2 Å². The van der Waals surface area contributed by atoms with E-state index in [4.69, 9.17) is 14.2 Å². The summed E-state index contributed by atoms with van der Waals surface area (Å²) in [5.41, 5.74) is 1.30. The van der Waals surface area contributed by atoms with Crippen molar-refractivity contribution in [3.8, 4) is 11.5 Å². The van der Waals surface area contributed by atoms with Gasteiger partial charge in [-0.2, -0.15) is 0 Å². The summed E-state index contributed by atoms with van der Waals surface area (Å²) in [4.78, 5) is 39.8. The van der Waals surface area contributed by atoms with Crippen molar-refractivity contribution in [3.05, 3.63) is 53.6 Å². The molecule has 1 fully saturated rings. The smallest absolute Gasteiger partial charge is 0.341 e. The molecule has 8 heteroatoms.